The number of benzene rings is 1. The first-order valence-corrected chi connectivity index (χ1v) is 5.89. The van der Waals surface area contributed by atoms with Gasteiger partial charge in [0.2, 0.25) is 0 Å². The zero-order chi connectivity index (χ0) is 11.5. The molecule has 0 aliphatic heterocycles. The Morgan fingerprint density at radius 3 is 2.94 bits per heavy atom. The summed E-state index contributed by atoms with van der Waals surface area (Å²) in [6.07, 6.45) is 0.794. The molecule has 0 atom stereocenters. The smallest absolute Gasteiger partial charge is 0.298 e. The quantitative estimate of drug-likeness (QED) is 0.856. The number of nitrogens with two attached hydrogens (primary N) is 1. The highest BCUT2D eigenvalue weighted by Crippen LogP contribution is 2.28. The van der Waals surface area contributed by atoms with Gasteiger partial charge < -0.3 is 10.5 Å². The normalized spacial score (nSPS) is 10.4. The maximum atomic E-state index is 5.87. The first-order valence-electron chi connectivity index (χ1n) is 4.74. The SMILES string of the molecule is CCc1nsc(Oc2ccc(N)c(Cl)c2)n1. The van der Waals surface area contributed by atoms with Crippen molar-refractivity contribution in [3.63, 3.8) is 0 Å². The Morgan fingerprint density at radius 2 is 2.31 bits per heavy atom. The number of anilines is 1. The molecule has 0 saturated carbocycles. The van der Waals surface area contributed by atoms with Gasteiger partial charge in [-0.25, -0.2) is 0 Å². The molecular weight excluding hydrogens is 246 g/mol. The minimum absolute atomic E-state index is 0.470. The predicted molar refractivity (Wildman–Crippen MR) is 65.2 cm³/mol. The molecular formula is C10H10ClN3OS. The summed E-state index contributed by atoms with van der Waals surface area (Å²) < 4.78 is 9.62. The van der Waals surface area contributed by atoms with Crippen LogP contribution in [0.3, 0.4) is 0 Å². The largest absolute Gasteiger partial charge is 0.430 e. The number of rotatable bonds is 3. The first kappa shape index (κ1) is 11.2. The third kappa shape index (κ3) is 2.43. The fraction of sp³-hybridized carbons (Fsp3) is 0.200. The van der Waals surface area contributed by atoms with Crippen molar-refractivity contribution >= 4 is 28.8 Å². The lowest BCUT2D eigenvalue weighted by molar-refractivity contribution is 0.477. The van der Waals surface area contributed by atoms with Gasteiger partial charge in [0, 0.05) is 24.0 Å². The third-order valence-electron chi connectivity index (χ3n) is 1.94. The molecule has 0 unspecified atom stereocenters. The van der Waals surface area contributed by atoms with E-state index < -0.39 is 0 Å². The Labute approximate surface area is 102 Å². The van der Waals surface area contributed by atoms with Gasteiger partial charge in [0.1, 0.15) is 11.6 Å². The minimum Gasteiger partial charge on any atom is -0.430 e. The van der Waals surface area contributed by atoms with Crippen molar-refractivity contribution in [2.75, 3.05) is 5.73 Å². The Hall–Kier alpha value is -1.33. The molecule has 0 fully saturated rings. The maximum absolute atomic E-state index is 5.87. The second-order valence-electron chi connectivity index (χ2n) is 3.12. The summed E-state index contributed by atoms with van der Waals surface area (Å²) in [5.41, 5.74) is 6.12. The van der Waals surface area contributed by atoms with Crippen LogP contribution in [0.25, 0.3) is 0 Å². The number of aryl methyl sites for hydroxylation is 1. The van der Waals surface area contributed by atoms with Gasteiger partial charge in [-0.3, -0.25) is 0 Å². The fourth-order valence-electron chi connectivity index (χ4n) is 1.10. The average molecular weight is 256 g/mol. The maximum Gasteiger partial charge on any atom is 0.298 e. The van der Waals surface area contributed by atoms with Crippen molar-refractivity contribution in [3.05, 3.63) is 29.0 Å². The number of aromatic nitrogens is 2. The third-order valence-corrected chi connectivity index (χ3v) is 2.90. The van der Waals surface area contributed by atoms with Gasteiger partial charge in [0.05, 0.1) is 10.7 Å². The number of hydrogen-bond acceptors (Lipinski definition) is 5. The van der Waals surface area contributed by atoms with Crippen LogP contribution in [0.2, 0.25) is 5.02 Å². The van der Waals surface area contributed by atoms with E-state index in [1.165, 1.54) is 11.5 Å². The van der Waals surface area contributed by atoms with E-state index >= 15 is 0 Å². The molecule has 6 heteroatoms. The molecule has 0 spiro atoms. The zero-order valence-electron chi connectivity index (χ0n) is 8.61. The lowest BCUT2D eigenvalue weighted by Crippen LogP contribution is -1.88. The van der Waals surface area contributed by atoms with Gasteiger partial charge in [-0.2, -0.15) is 9.36 Å². The van der Waals surface area contributed by atoms with Gasteiger partial charge in [0.25, 0.3) is 5.19 Å². The highest BCUT2D eigenvalue weighted by Gasteiger charge is 2.06. The molecule has 4 nitrogen and oxygen atoms in total. The summed E-state index contributed by atoms with van der Waals surface area (Å²) in [4.78, 5) is 4.19. The molecule has 0 aliphatic rings. The fourth-order valence-corrected chi connectivity index (χ4v) is 1.90. The van der Waals surface area contributed by atoms with E-state index in [4.69, 9.17) is 22.1 Å². The molecule has 2 rings (SSSR count). The molecule has 0 radical (unpaired) electrons. The monoisotopic (exact) mass is 255 g/mol. The van der Waals surface area contributed by atoms with Gasteiger partial charge >= 0.3 is 0 Å². The number of nitrogens with zero attached hydrogens (tertiary/aromatic N) is 2. The van der Waals surface area contributed by atoms with Crippen molar-refractivity contribution in [2.24, 2.45) is 0 Å². The summed E-state index contributed by atoms with van der Waals surface area (Å²) >= 11 is 7.10. The van der Waals surface area contributed by atoms with Crippen molar-refractivity contribution in [3.8, 4) is 10.9 Å². The van der Waals surface area contributed by atoms with Crippen LogP contribution >= 0.6 is 23.1 Å². The van der Waals surface area contributed by atoms with E-state index in [0.29, 0.717) is 21.7 Å². The van der Waals surface area contributed by atoms with Crippen molar-refractivity contribution in [1.29, 1.82) is 0 Å². The van der Waals surface area contributed by atoms with Gasteiger partial charge in [-0.1, -0.05) is 18.5 Å². The second kappa shape index (κ2) is 4.67. The van der Waals surface area contributed by atoms with Crippen molar-refractivity contribution in [1.82, 2.24) is 9.36 Å². The Morgan fingerprint density at radius 1 is 1.50 bits per heavy atom. The molecule has 2 N–H and O–H groups in total. The summed E-state index contributed by atoms with van der Waals surface area (Å²) in [7, 11) is 0. The van der Waals surface area contributed by atoms with Gasteiger partial charge in [0.15, 0.2) is 0 Å². The highest BCUT2D eigenvalue weighted by molar-refractivity contribution is 7.07. The summed E-state index contributed by atoms with van der Waals surface area (Å²) in [6, 6.07) is 5.09. The molecule has 84 valence electrons. The molecule has 1 heterocycles. The predicted octanol–water partition coefficient (Wildman–Crippen LogP) is 3.13. The molecule has 0 amide bonds. The standard InChI is InChI=1S/C10H10ClN3OS/c1-2-9-13-10(16-14-9)15-6-3-4-8(12)7(11)5-6/h3-5H,2,12H2,1H3. The summed E-state index contributed by atoms with van der Waals surface area (Å²) in [5.74, 6) is 1.39. The zero-order valence-corrected chi connectivity index (χ0v) is 10.2. The Balaban J connectivity index is 2.17. The van der Waals surface area contributed by atoms with E-state index in [1.54, 1.807) is 18.2 Å². The van der Waals surface area contributed by atoms with E-state index in [2.05, 4.69) is 9.36 Å². The minimum atomic E-state index is 0.470. The number of nitrogen functional groups attached to an aromatic ring is 1. The first-order chi connectivity index (χ1) is 7.69. The summed E-state index contributed by atoms with van der Waals surface area (Å²) in [5, 5.41) is 0.982. The number of halogens is 1. The molecule has 1 aromatic heterocycles. The number of hydrogen-bond donors (Lipinski definition) is 1. The van der Waals surface area contributed by atoms with Crippen LogP contribution in [0.15, 0.2) is 18.2 Å². The molecule has 16 heavy (non-hydrogen) atoms. The molecule has 1 aromatic carbocycles. The molecule has 0 aliphatic carbocycles. The Bertz CT molecular complexity index is 501. The lowest BCUT2D eigenvalue weighted by atomic mass is 10.3. The Kier molecular flexibility index (Phi) is 3.26. The molecule has 0 saturated heterocycles. The van der Waals surface area contributed by atoms with Gasteiger partial charge in [-0.15, -0.1) is 0 Å². The van der Waals surface area contributed by atoms with Crippen LogP contribution in [0.5, 0.6) is 10.9 Å². The summed E-state index contributed by atoms with van der Waals surface area (Å²) in [6.45, 7) is 1.99. The van der Waals surface area contributed by atoms with Crippen LogP contribution in [0.4, 0.5) is 5.69 Å². The lowest BCUT2D eigenvalue weighted by Gasteiger charge is -2.02. The van der Waals surface area contributed by atoms with Gasteiger partial charge in [-0.05, 0) is 12.1 Å². The van der Waals surface area contributed by atoms with Crippen LogP contribution in [-0.4, -0.2) is 9.36 Å². The topological polar surface area (TPSA) is 61.0 Å². The molecule has 0 bridgehead atoms. The van der Waals surface area contributed by atoms with Crippen LogP contribution < -0.4 is 10.5 Å². The van der Waals surface area contributed by atoms with Crippen LogP contribution in [0, 0.1) is 0 Å². The van der Waals surface area contributed by atoms with E-state index in [9.17, 15) is 0 Å². The average Bonchev–Trinajstić information content (AvgIpc) is 2.71. The van der Waals surface area contributed by atoms with E-state index in [-0.39, 0.29) is 0 Å². The van der Waals surface area contributed by atoms with Crippen molar-refractivity contribution < 1.29 is 4.74 Å². The highest BCUT2D eigenvalue weighted by atomic mass is 35.5. The second-order valence-corrected chi connectivity index (χ2v) is 4.24. The van der Waals surface area contributed by atoms with E-state index in [0.717, 1.165) is 12.2 Å². The van der Waals surface area contributed by atoms with Crippen LogP contribution in [-0.2, 0) is 6.42 Å². The van der Waals surface area contributed by atoms with E-state index in [1.807, 2.05) is 6.92 Å². The van der Waals surface area contributed by atoms with Crippen molar-refractivity contribution in [2.45, 2.75) is 13.3 Å². The van der Waals surface area contributed by atoms with Crippen LogP contribution in [0.1, 0.15) is 12.7 Å². The number of ether oxygens (including phenoxy) is 1. The molecule has 2 aromatic rings.